The van der Waals surface area contributed by atoms with E-state index in [1.165, 1.54) is 11.1 Å². The minimum absolute atomic E-state index is 0.205. The van der Waals surface area contributed by atoms with Crippen LogP contribution >= 0.6 is 12.2 Å². The molecule has 2 rings (SSSR count). The fourth-order valence-electron chi connectivity index (χ4n) is 2.07. The third kappa shape index (κ3) is 4.53. The summed E-state index contributed by atoms with van der Waals surface area (Å²) in [5, 5.41) is 7.07. The summed E-state index contributed by atoms with van der Waals surface area (Å²) in [6.07, 6.45) is 2.79. The number of nitrogens with one attached hydrogen (secondary N) is 2. The molecule has 0 aliphatic heterocycles. The molecule has 1 aromatic carbocycles. The Labute approximate surface area is 131 Å². The average Bonchev–Trinajstić information content (AvgIpc) is 2.48. The molecule has 0 spiro atoms. The first-order valence-corrected chi connectivity index (χ1v) is 7.56. The second-order valence-corrected chi connectivity index (χ2v) is 5.60. The van der Waals surface area contributed by atoms with Gasteiger partial charge in [0.2, 0.25) is 0 Å². The summed E-state index contributed by atoms with van der Waals surface area (Å²) in [5.41, 5.74) is 3.63. The lowest BCUT2D eigenvalue weighted by Gasteiger charge is -2.20. The van der Waals surface area contributed by atoms with Gasteiger partial charge in [-0.2, -0.15) is 0 Å². The Hall–Kier alpha value is -1.94. The van der Waals surface area contributed by atoms with Gasteiger partial charge < -0.3 is 10.6 Å². The van der Waals surface area contributed by atoms with Crippen molar-refractivity contribution in [2.45, 2.75) is 33.2 Å². The Bertz CT molecular complexity index is 590. The SMILES string of the molecule is CCC(NC(=S)Nc1ccc(C)cn1)c1ccc(C)cc1. The second-order valence-electron chi connectivity index (χ2n) is 5.19. The van der Waals surface area contributed by atoms with Crippen LogP contribution in [0.5, 0.6) is 0 Å². The van der Waals surface area contributed by atoms with Crippen molar-refractivity contribution in [3.8, 4) is 0 Å². The van der Waals surface area contributed by atoms with Gasteiger partial charge in [0.05, 0.1) is 6.04 Å². The predicted octanol–water partition coefficient (Wildman–Crippen LogP) is 4.14. The summed E-state index contributed by atoms with van der Waals surface area (Å²) < 4.78 is 0. The van der Waals surface area contributed by atoms with E-state index in [1.807, 2.05) is 25.3 Å². The van der Waals surface area contributed by atoms with Gasteiger partial charge in [0.15, 0.2) is 5.11 Å². The molecular weight excluding hydrogens is 278 g/mol. The lowest BCUT2D eigenvalue weighted by molar-refractivity contribution is 0.629. The van der Waals surface area contributed by atoms with E-state index in [-0.39, 0.29) is 6.04 Å². The summed E-state index contributed by atoms with van der Waals surface area (Å²) in [5.74, 6) is 0.761. The van der Waals surface area contributed by atoms with Crippen LogP contribution in [0, 0.1) is 13.8 Å². The number of thiocarbonyl (C=S) groups is 1. The number of hydrogen-bond acceptors (Lipinski definition) is 2. The van der Waals surface area contributed by atoms with Crippen LogP contribution in [0.4, 0.5) is 5.82 Å². The van der Waals surface area contributed by atoms with Gasteiger partial charge in [0.1, 0.15) is 5.82 Å². The molecule has 21 heavy (non-hydrogen) atoms. The van der Waals surface area contributed by atoms with Gasteiger partial charge in [-0.05, 0) is 49.7 Å². The zero-order valence-corrected chi connectivity index (χ0v) is 13.5. The fraction of sp³-hybridized carbons (Fsp3) is 0.294. The van der Waals surface area contributed by atoms with Crippen LogP contribution in [0.25, 0.3) is 0 Å². The first-order chi connectivity index (χ1) is 10.1. The molecule has 1 heterocycles. The fourth-order valence-corrected chi connectivity index (χ4v) is 2.32. The maximum atomic E-state index is 5.37. The van der Waals surface area contributed by atoms with Gasteiger partial charge in [0.25, 0.3) is 0 Å². The summed E-state index contributed by atoms with van der Waals surface area (Å²) >= 11 is 5.37. The monoisotopic (exact) mass is 299 g/mol. The smallest absolute Gasteiger partial charge is 0.172 e. The number of rotatable bonds is 4. The summed E-state index contributed by atoms with van der Waals surface area (Å²) in [6.45, 7) is 6.25. The molecule has 0 aliphatic carbocycles. The van der Waals surface area contributed by atoms with E-state index in [9.17, 15) is 0 Å². The van der Waals surface area contributed by atoms with Crippen LogP contribution in [0.15, 0.2) is 42.6 Å². The predicted molar refractivity (Wildman–Crippen MR) is 92.5 cm³/mol. The van der Waals surface area contributed by atoms with E-state index >= 15 is 0 Å². The van der Waals surface area contributed by atoms with Crippen molar-refractivity contribution in [1.82, 2.24) is 10.3 Å². The van der Waals surface area contributed by atoms with E-state index in [0.29, 0.717) is 5.11 Å². The molecule has 0 saturated carbocycles. The molecular formula is C17H21N3S. The van der Waals surface area contributed by atoms with Crippen molar-refractivity contribution >= 4 is 23.1 Å². The minimum Gasteiger partial charge on any atom is -0.356 e. The molecule has 0 saturated heterocycles. The molecule has 110 valence electrons. The highest BCUT2D eigenvalue weighted by molar-refractivity contribution is 7.80. The van der Waals surface area contributed by atoms with Crippen molar-refractivity contribution < 1.29 is 0 Å². The largest absolute Gasteiger partial charge is 0.356 e. The lowest BCUT2D eigenvalue weighted by atomic mass is 10.0. The van der Waals surface area contributed by atoms with Crippen molar-refractivity contribution in [3.05, 3.63) is 59.3 Å². The third-order valence-corrected chi connectivity index (χ3v) is 3.57. The van der Waals surface area contributed by atoms with Gasteiger partial charge >= 0.3 is 0 Å². The number of aromatic nitrogens is 1. The average molecular weight is 299 g/mol. The number of pyridine rings is 1. The van der Waals surface area contributed by atoms with Crippen LogP contribution < -0.4 is 10.6 Å². The molecule has 0 fully saturated rings. The zero-order chi connectivity index (χ0) is 15.2. The molecule has 1 atom stereocenters. The normalized spacial score (nSPS) is 11.8. The van der Waals surface area contributed by atoms with Crippen molar-refractivity contribution in [2.24, 2.45) is 0 Å². The number of nitrogens with zero attached hydrogens (tertiary/aromatic N) is 1. The molecule has 0 aliphatic rings. The molecule has 1 unspecified atom stereocenters. The van der Waals surface area contributed by atoms with Crippen LogP contribution in [0.3, 0.4) is 0 Å². The highest BCUT2D eigenvalue weighted by atomic mass is 32.1. The highest BCUT2D eigenvalue weighted by Gasteiger charge is 2.10. The van der Waals surface area contributed by atoms with E-state index in [4.69, 9.17) is 12.2 Å². The van der Waals surface area contributed by atoms with Gasteiger partial charge in [-0.25, -0.2) is 4.98 Å². The molecule has 0 amide bonds. The lowest BCUT2D eigenvalue weighted by Crippen LogP contribution is -2.32. The quantitative estimate of drug-likeness (QED) is 0.832. The van der Waals surface area contributed by atoms with Crippen LogP contribution in [-0.2, 0) is 0 Å². The second kappa shape index (κ2) is 7.18. The maximum Gasteiger partial charge on any atom is 0.172 e. The van der Waals surface area contributed by atoms with Crippen molar-refractivity contribution in [2.75, 3.05) is 5.32 Å². The molecule has 0 bridgehead atoms. The molecule has 2 aromatic rings. The van der Waals surface area contributed by atoms with Crippen molar-refractivity contribution in [3.63, 3.8) is 0 Å². The van der Waals surface area contributed by atoms with E-state index in [1.54, 1.807) is 0 Å². The Morgan fingerprint density at radius 1 is 1.10 bits per heavy atom. The van der Waals surface area contributed by atoms with E-state index in [0.717, 1.165) is 17.8 Å². The maximum absolute atomic E-state index is 5.37. The third-order valence-electron chi connectivity index (χ3n) is 3.35. The molecule has 1 aromatic heterocycles. The Morgan fingerprint density at radius 3 is 2.33 bits per heavy atom. The minimum atomic E-state index is 0.205. The first-order valence-electron chi connectivity index (χ1n) is 7.15. The van der Waals surface area contributed by atoms with Gasteiger partial charge in [-0.15, -0.1) is 0 Å². The number of anilines is 1. The molecule has 2 N–H and O–H groups in total. The van der Waals surface area contributed by atoms with Crippen LogP contribution in [0.1, 0.15) is 36.1 Å². The summed E-state index contributed by atoms with van der Waals surface area (Å²) in [4.78, 5) is 4.30. The van der Waals surface area contributed by atoms with Crippen molar-refractivity contribution in [1.29, 1.82) is 0 Å². The van der Waals surface area contributed by atoms with Crippen LogP contribution in [-0.4, -0.2) is 10.1 Å². The van der Waals surface area contributed by atoms with E-state index in [2.05, 4.69) is 53.7 Å². The zero-order valence-electron chi connectivity index (χ0n) is 12.7. The topological polar surface area (TPSA) is 37.0 Å². The standard InChI is InChI=1S/C17H21N3S/c1-4-15(14-8-5-12(2)6-9-14)19-17(21)20-16-10-7-13(3)11-18-16/h5-11,15H,4H2,1-3H3,(H2,18,19,20,21). The van der Waals surface area contributed by atoms with Crippen LogP contribution in [0.2, 0.25) is 0 Å². The summed E-state index contributed by atoms with van der Waals surface area (Å²) in [7, 11) is 0. The highest BCUT2D eigenvalue weighted by Crippen LogP contribution is 2.17. The molecule has 4 heteroatoms. The molecule has 0 radical (unpaired) electrons. The summed E-state index contributed by atoms with van der Waals surface area (Å²) in [6, 6.07) is 12.7. The Morgan fingerprint density at radius 2 is 1.76 bits per heavy atom. The number of hydrogen-bond donors (Lipinski definition) is 2. The Kier molecular flexibility index (Phi) is 5.28. The number of benzene rings is 1. The van der Waals surface area contributed by atoms with Gasteiger partial charge in [-0.1, -0.05) is 42.8 Å². The van der Waals surface area contributed by atoms with E-state index < -0.39 is 0 Å². The molecule has 3 nitrogen and oxygen atoms in total. The number of aryl methyl sites for hydroxylation is 2. The van der Waals surface area contributed by atoms with Gasteiger partial charge in [0, 0.05) is 6.20 Å². The first kappa shape index (κ1) is 15.4. The Balaban J connectivity index is 1.99. The van der Waals surface area contributed by atoms with Gasteiger partial charge in [-0.3, -0.25) is 0 Å².